The topological polar surface area (TPSA) is 58.4 Å². The van der Waals surface area contributed by atoms with Crippen molar-refractivity contribution in [2.75, 3.05) is 17.3 Å². The molecule has 4 rings (SSSR count). The number of benzene rings is 3. The van der Waals surface area contributed by atoms with Crippen LogP contribution in [0.1, 0.15) is 12.5 Å². The van der Waals surface area contributed by atoms with Crippen LogP contribution in [0.2, 0.25) is 0 Å². The van der Waals surface area contributed by atoms with E-state index in [4.69, 9.17) is 0 Å². The van der Waals surface area contributed by atoms with Crippen LogP contribution in [0.25, 0.3) is 10.8 Å². The van der Waals surface area contributed by atoms with E-state index >= 15 is 0 Å². The molecular weight excluding hydrogens is 302 g/mol. The van der Waals surface area contributed by atoms with Crippen LogP contribution < -0.4 is 10.2 Å². The van der Waals surface area contributed by atoms with Gasteiger partial charge in [-0.1, -0.05) is 36.4 Å². The highest BCUT2D eigenvalue weighted by Gasteiger charge is 2.40. The average Bonchev–Trinajstić information content (AvgIpc) is 2.60. The quantitative estimate of drug-likeness (QED) is 0.559. The summed E-state index contributed by atoms with van der Waals surface area (Å²) >= 11 is 0. The van der Waals surface area contributed by atoms with Crippen molar-refractivity contribution in [2.45, 2.75) is 12.6 Å². The SMILES string of the molecule is CN1c2cccc3cccc(c23)NC1(C)c1ccccc1[N+](=O)[O-]. The number of nitro groups is 1. The van der Waals surface area contributed by atoms with Crippen molar-refractivity contribution in [1.29, 1.82) is 0 Å². The van der Waals surface area contributed by atoms with Crippen molar-refractivity contribution < 1.29 is 4.92 Å². The van der Waals surface area contributed by atoms with Gasteiger partial charge in [-0.3, -0.25) is 10.1 Å². The van der Waals surface area contributed by atoms with E-state index in [-0.39, 0.29) is 10.6 Å². The Morgan fingerprint density at radius 2 is 1.75 bits per heavy atom. The van der Waals surface area contributed by atoms with Crippen LogP contribution in [0, 0.1) is 10.1 Å². The molecule has 1 N–H and O–H groups in total. The predicted molar refractivity (Wildman–Crippen MR) is 96.4 cm³/mol. The molecule has 0 bridgehead atoms. The molecule has 0 radical (unpaired) electrons. The average molecular weight is 319 g/mol. The zero-order valence-corrected chi connectivity index (χ0v) is 13.5. The van der Waals surface area contributed by atoms with E-state index in [1.807, 2.05) is 44.3 Å². The third-order valence-corrected chi connectivity index (χ3v) is 4.92. The van der Waals surface area contributed by atoms with Crippen LogP contribution >= 0.6 is 0 Å². The number of nitrogens with zero attached hydrogens (tertiary/aromatic N) is 2. The lowest BCUT2D eigenvalue weighted by Gasteiger charge is -2.45. The Morgan fingerprint density at radius 3 is 2.50 bits per heavy atom. The molecule has 24 heavy (non-hydrogen) atoms. The normalized spacial score (nSPS) is 19.2. The molecule has 3 aromatic rings. The number of anilines is 2. The van der Waals surface area contributed by atoms with Crippen molar-refractivity contribution in [3.05, 3.63) is 76.3 Å². The summed E-state index contributed by atoms with van der Waals surface area (Å²) in [7, 11) is 1.97. The minimum absolute atomic E-state index is 0.117. The predicted octanol–water partition coefficient (Wildman–Crippen LogP) is 4.48. The minimum Gasteiger partial charge on any atom is -0.358 e. The Labute approximate surface area is 139 Å². The Morgan fingerprint density at radius 1 is 1.04 bits per heavy atom. The maximum Gasteiger partial charge on any atom is 0.276 e. The summed E-state index contributed by atoms with van der Waals surface area (Å²) < 4.78 is 0. The molecule has 1 aliphatic heterocycles. The molecule has 1 heterocycles. The zero-order valence-electron chi connectivity index (χ0n) is 13.5. The second kappa shape index (κ2) is 4.96. The molecule has 0 aliphatic carbocycles. The van der Waals surface area contributed by atoms with Crippen molar-refractivity contribution >= 4 is 27.8 Å². The highest BCUT2D eigenvalue weighted by Crippen LogP contribution is 2.46. The zero-order chi connectivity index (χ0) is 16.9. The molecule has 1 atom stereocenters. The summed E-state index contributed by atoms with van der Waals surface area (Å²) in [6.45, 7) is 1.98. The molecule has 1 aliphatic rings. The van der Waals surface area contributed by atoms with E-state index < -0.39 is 5.66 Å². The van der Waals surface area contributed by atoms with Crippen LogP contribution in [-0.4, -0.2) is 12.0 Å². The van der Waals surface area contributed by atoms with Crippen molar-refractivity contribution in [2.24, 2.45) is 0 Å². The van der Waals surface area contributed by atoms with Gasteiger partial charge in [0, 0.05) is 29.9 Å². The van der Waals surface area contributed by atoms with Gasteiger partial charge in [0.25, 0.3) is 5.69 Å². The first-order valence-electron chi connectivity index (χ1n) is 7.80. The number of para-hydroxylation sites is 1. The maximum absolute atomic E-state index is 11.5. The largest absolute Gasteiger partial charge is 0.358 e. The molecule has 0 aromatic heterocycles. The molecule has 0 saturated heterocycles. The number of rotatable bonds is 2. The molecular formula is C19H17N3O2. The Bertz CT molecular complexity index is 964. The van der Waals surface area contributed by atoms with Crippen LogP contribution in [-0.2, 0) is 5.66 Å². The lowest BCUT2D eigenvalue weighted by atomic mass is 9.92. The van der Waals surface area contributed by atoms with E-state index in [1.54, 1.807) is 12.1 Å². The van der Waals surface area contributed by atoms with Gasteiger partial charge >= 0.3 is 0 Å². The van der Waals surface area contributed by atoms with Gasteiger partial charge in [0.15, 0.2) is 0 Å². The van der Waals surface area contributed by atoms with Crippen LogP contribution in [0.3, 0.4) is 0 Å². The molecule has 5 nitrogen and oxygen atoms in total. The van der Waals surface area contributed by atoms with E-state index in [0.717, 1.165) is 22.1 Å². The number of hydrogen-bond acceptors (Lipinski definition) is 4. The number of nitro benzene ring substituents is 1. The van der Waals surface area contributed by atoms with Gasteiger partial charge in [0.05, 0.1) is 10.5 Å². The molecule has 120 valence electrons. The van der Waals surface area contributed by atoms with E-state index in [0.29, 0.717) is 5.56 Å². The van der Waals surface area contributed by atoms with E-state index in [9.17, 15) is 10.1 Å². The van der Waals surface area contributed by atoms with E-state index in [1.165, 1.54) is 0 Å². The highest BCUT2D eigenvalue weighted by atomic mass is 16.6. The first-order chi connectivity index (χ1) is 11.5. The molecule has 0 amide bonds. The van der Waals surface area contributed by atoms with Crippen LogP contribution in [0.5, 0.6) is 0 Å². The second-order valence-electron chi connectivity index (χ2n) is 6.21. The van der Waals surface area contributed by atoms with Gasteiger partial charge in [-0.2, -0.15) is 0 Å². The Hall–Kier alpha value is -3.08. The fourth-order valence-electron chi connectivity index (χ4n) is 3.58. The summed E-state index contributed by atoms with van der Waals surface area (Å²) in [5.41, 5.74) is 2.09. The minimum atomic E-state index is -0.716. The van der Waals surface area contributed by atoms with Gasteiger partial charge < -0.3 is 10.2 Å². The molecule has 0 spiro atoms. The number of hydrogen-bond donors (Lipinski definition) is 1. The molecule has 3 aromatic carbocycles. The Kier molecular flexibility index (Phi) is 3.00. The van der Waals surface area contributed by atoms with Gasteiger partial charge in [0.1, 0.15) is 5.66 Å². The Balaban J connectivity index is 1.98. The fourth-order valence-corrected chi connectivity index (χ4v) is 3.58. The summed E-state index contributed by atoms with van der Waals surface area (Å²) in [6.07, 6.45) is 0. The van der Waals surface area contributed by atoms with Crippen LogP contribution in [0.4, 0.5) is 17.1 Å². The van der Waals surface area contributed by atoms with Crippen molar-refractivity contribution in [3.8, 4) is 0 Å². The lowest BCUT2D eigenvalue weighted by molar-refractivity contribution is -0.386. The van der Waals surface area contributed by atoms with Gasteiger partial charge in [0.2, 0.25) is 0 Å². The molecule has 5 heteroatoms. The van der Waals surface area contributed by atoms with Gasteiger partial charge in [-0.15, -0.1) is 0 Å². The summed E-state index contributed by atoms with van der Waals surface area (Å²) in [5.74, 6) is 0. The van der Waals surface area contributed by atoms with Crippen LogP contribution in [0.15, 0.2) is 60.7 Å². The summed E-state index contributed by atoms with van der Waals surface area (Å²) in [5, 5.41) is 17.3. The number of nitrogens with one attached hydrogen (secondary N) is 1. The van der Waals surface area contributed by atoms with E-state index in [2.05, 4.69) is 28.4 Å². The smallest absolute Gasteiger partial charge is 0.276 e. The monoisotopic (exact) mass is 319 g/mol. The van der Waals surface area contributed by atoms with Crippen molar-refractivity contribution in [3.63, 3.8) is 0 Å². The third-order valence-electron chi connectivity index (χ3n) is 4.92. The van der Waals surface area contributed by atoms with Crippen molar-refractivity contribution in [1.82, 2.24) is 0 Å². The molecule has 0 fully saturated rings. The lowest BCUT2D eigenvalue weighted by Crippen LogP contribution is -2.50. The molecule has 0 saturated carbocycles. The maximum atomic E-state index is 11.5. The standard InChI is InChI=1S/C19H17N3O2/c1-19(14-9-3-4-11-16(14)22(23)24)20-15-10-5-7-13-8-6-12-17(18(13)15)21(19)2/h3-12,20H,1-2H3. The highest BCUT2D eigenvalue weighted by molar-refractivity contribution is 6.05. The van der Waals surface area contributed by atoms with Gasteiger partial charge in [-0.25, -0.2) is 0 Å². The molecule has 1 unspecified atom stereocenters. The first kappa shape index (κ1) is 14.5. The second-order valence-corrected chi connectivity index (χ2v) is 6.21. The summed E-state index contributed by atoms with van der Waals surface area (Å²) in [4.78, 5) is 13.3. The first-order valence-corrected chi connectivity index (χ1v) is 7.80. The fraction of sp³-hybridized carbons (Fsp3) is 0.158. The summed E-state index contributed by atoms with van der Waals surface area (Å²) in [6, 6.07) is 19.1. The third kappa shape index (κ3) is 1.88. The van der Waals surface area contributed by atoms with Gasteiger partial charge in [-0.05, 0) is 30.5 Å².